The molecule has 0 fully saturated rings. The largest absolute Gasteiger partial charge is 0.270 e. The first kappa shape index (κ1) is 14.2. The lowest BCUT2D eigenvalue weighted by molar-refractivity contribution is 0.531. The second-order valence-electron chi connectivity index (χ2n) is 4.19. The van der Waals surface area contributed by atoms with Gasteiger partial charge >= 0.3 is 0 Å². The maximum absolute atomic E-state index is 5.76. The molecule has 2 aromatic heterocycles. The number of hydrazine groups is 1. The number of nitrogens with two attached hydrogens (primary N) is 1. The zero-order valence-electron chi connectivity index (χ0n) is 11.1. The third-order valence-corrected chi connectivity index (χ3v) is 3.76. The maximum atomic E-state index is 5.76. The zero-order valence-corrected chi connectivity index (χ0v) is 12.7. The Morgan fingerprint density at radius 3 is 2.89 bits per heavy atom. The van der Waals surface area contributed by atoms with E-state index >= 15 is 0 Å². The van der Waals surface area contributed by atoms with E-state index in [1.165, 1.54) is 5.56 Å². The Morgan fingerprint density at radius 1 is 1.47 bits per heavy atom. The van der Waals surface area contributed by atoms with Crippen LogP contribution in [0, 0.1) is 0 Å². The van der Waals surface area contributed by atoms with Crippen molar-refractivity contribution in [3.8, 4) is 0 Å². The molecule has 5 nitrogen and oxygen atoms in total. The second kappa shape index (κ2) is 6.27. The van der Waals surface area contributed by atoms with Crippen LogP contribution in [0.4, 0.5) is 0 Å². The normalized spacial score (nSPS) is 12.6. The van der Waals surface area contributed by atoms with Crippen LogP contribution in [-0.4, -0.2) is 14.8 Å². The Bertz CT molecular complexity index is 552. The maximum Gasteiger partial charge on any atom is 0.106 e. The van der Waals surface area contributed by atoms with Gasteiger partial charge in [-0.15, -0.1) is 0 Å². The molecule has 0 saturated carbocycles. The van der Waals surface area contributed by atoms with Crippen molar-refractivity contribution in [3.63, 3.8) is 0 Å². The van der Waals surface area contributed by atoms with Crippen LogP contribution in [0.15, 0.2) is 29.0 Å². The summed E-state index contributed by atoms with van der Waals surface area (Å²) in [5, 5.41) is 4.33. The summed E-state index contributed by atoms with van der Waals surface area (Å²) in [6.07, 6.45) is 4.50. The van der Waals surface area contributed by atoms with Gasteiger partial charge in [0, 0.05) is 12.7 Å². The van der Waals surface area contributed by atoms with Gasteiger partial charge in [0.05, 0.1) is 22.1 Å². The molecule has 0 aliphatic heterocycles. The number of pyridine rings is 1. The number of aromatic nitrogens is 3. The highest BCUT2D eigenvalue weighted by Gasteiger charge is 2.23. The van der Waals surface area contributed by atoms with Gasteiger partial charge < -0.3 is 0 Å². The number of halogens is 1. The Labute approximate surface area is 121 Å². The highest BCUT2D eigenvalue weighted by molar-refractivity contribution is 9.10. The molecule has 0 radical (unpaired) electrons. The SMILES string of the molecule is CCc1cccnc1C(NN)c1c(Br)cnn1CC. The standard InChI is InChI=1S/C13H18BrN5/c1-3-9-6-5-7-16-11(9)12(18-15)13-10(14)8-17-19(13)4-2/h5-8,12,18H,3-4,15H2,1-2H3. The van der Waals surface area contributed by atoms with E-state index < -0.39 is 0 Å². The molecule has 102 valence electrons. The number of hydrogen-bond donors (Lipinski definition) is 2. The summed E-state index contributed by atoms with van der Waals surface area (Å²) >= 11 is 3.54. The molecule has 0 spiro atoms. The lowest BCUT2D eigenvalue weighted by Gasteiger charge is -2.19. The topological polar surface area (TPSA) is 68.8 Å². The van der Waals surface area contributed by atoms with Crippen molar-refractivity contribution in [3.05, 3.63) is 46.0 Å². The molecular weight excluding hydrogens is 306 g/mol. The molecule has 1 unspecified atom stereocenters. The van der Waals surface area contributed by atoms with Gasteiger partial charge in [-0.25, -0.2) is 5.43 Å². The fourth-order valence-electron chi connectivity index (χ4n) is 2.21. The lowest BCUT2D eigenvalue weighted by atomic mass is 10.0. The van der Waals surface area contributed by atoms with Crippen molar-refractivity contribution < 1.29 is 0 Å². The quantitative estimate of drug-likeness (QED) is 0.653. The third kappa shape index (κ3) is 2.70. The van der Waals surface area contributed by atoms with Crippen LogP contribution in [0.25, 0.3) is 0 Å². The van der Waals surface area contributed by atoms with Crippen molar-refractivity contribution in [1.82, 2.24) is 20.2 Å². The van der Waals surface area contributed by atoms with Gasteiger partial charge in [0.15, 0.2) is 0 Å². The van der Waals surface area contributed by atoms with Gasteiger partial charge in [-0.2, -0.15) is 5.10 Å². The van der Waals surface area contributed by atoms with Crippen LogP contribution in [0.5, 0.6) is 0 Å². The monoisotopic (exact) mass is 323 g/mol. The van der Waals surface area contributed by atoms with Crippen molar-refractivity contribution in [2.24, 2.45) is 5.84 Å². The Kier molecular flexibility index (Phi) is 4.68. The zero-order chi connectivity index (χ0) is 13.8. The van der Waals surface area contributed by atoms with Crippen LogP contribution >= 0.6 is 15.9 Å². The number of hydrogen-bond acceptors (Lipinski definition) is 4. The molecule has 0 bridgehead atoms. The van der Waals surface area contributed by atoms with E-state index in [9.17, 15) is 0 Å². The fourth-order valence-corrected chi connectivity index (χ4v) is 2.73. The number of aryl methyl sites for hydroxylation is 2. The Hall–Kier alpha value is -1.24. The van der Waals surface area contributed by atoms with Crippen molar-refractivity contribution in [2.45, 2.75) is 32.9 Å². The molecule has 0 aliphatic rings. The van der Waals surface area contributed by atoms with Gasteiger partial charge in [-0.3, -0.25) is 15.5 Å². The summed E-state index contributed by atoms with van der Waals surface area (Å²) in [7, 11) is 0. The first-order valence-corrected chi connectivity index (χ1v) is 7.13. The molecule has 2 rings (SSSR count). The molecule has 19 heavy (non-hydrogen) atoms. The van der Waals surface area contributed by atoms with E-state index in [2.05, 4.69) is 51.4 Å². The number of nitrogens with one attached hydrogen (secondary N) is 1. The summed E-state index contributed by atoms with van der Waals surface area (Å²) in [6, 6.07) is 3.85. The van der Waals surface area contributed by atoms with Gasteiger partial charge in [0.2, 0.25) is 0 Å². The minimum Gasteiger partial charge on any atom is -0.270 e. The first-order valence-electron chi connectivity index (χ1n) is 6.34. The van der Waals surface area contributed by atoms with Crippen LogP contribution < -0.4 is 11.3 Å². The Balaban J connectivity index is 2.53. The molecular formula is C13H18BrN5. The molecule has 1 atom stereocenters. The summed E-state index contributed by atoms with van der Waals surface area (Å²) in [5.74, 6) is 5.76. The van der Waals surface area contributed by atoms with E-state index in [0.29, 0.717) is 0 Å². The first-order chi connectivity index (χ1) is 9.22. The molecule has 0 aliphatic carbocycles. The van der Waals surface area contributed by atoms with E-state index in [1.807, 2.05) is 10.7 Å². The molecule has 0 saturated heterocycles. The summed E-state index contributed by atoms with van der Waals surface area (Å²) in [6.45, 7) is 4.95. The van der Waals surface area contributed by atoms with Crippen LogP contribution in [-0.2, 0) is 13.0 Å². The van der Waals surface area contributed by atoms with Crippen LogP contribution in [0.1, 0.15) is 36.8 Å². The van der Waals surface area contributed by atoms with Crippen molar-refractivity contribution in [1.29, 1.82) is 0 Å². The van der Waals surface area contributed by atoms with Gasteiger partial charge in [0.25, 0.3) is 0 Å². The Morgan fingerprint density at radius 2 is 2.26 bits per heavy atom. The average molecular weight is 324 g/mol. The van der Waals surface area contributed by atoms with Crippen LogP contribution in [0.2, 0.25) is 0 Å². The minimum atomic E-state index is -0.173. The average Bonchev–Trinajstić information content (AvgIpc) is 2.82. The van der Waals surface area contributed by atoms with Crippen LogP contribution in [0.3, 0.4) is 0 Å². The molecule has 0 amide bonds. The number of rotatable bonds is 5. The predicted molar refractivity (Wildman–Crippen MR) is 78.4 cm³/mol. The van der Waals surface area contributed by atoms with E-state index in [0.717, 1.165) is 28.8 Å². The minimum absolute atomic E-state index is 0.173. The highest BCUT2D eigenvalue weighted by atomic mass is 79.9. The summed E-state index contributed by atoms with van der Waals surface area (Å²) < 4.78 is 2.85. The van der Waals surface area contributed by atoms with E-state index in [1.54, 1.807) is 12.4 Å². The molecule has 3 N–H and O–H groups in total. The van der Waals surface area contributed by atoms with Gasteiger partial charge in [-0.1, -0.05) is 13.0 Å². The predicted octanol–water partition coefficient (Wildman–Crippen LogP) is 2.18. The molecule has 6 heteroatoms. The van der Waals surface area contributed by atoms with Gasteiger partial charge in [0.1, 0.15) is 6.04 Å². The fraction of sp³-hybridized carbons (Fsp3) is 0.385. The smallest absolute Gasteiger partial charge is 0.106 e. The summed E-state index contributed by atoms with van der Waals surface area (Å²) in [4.78, 5) is 4.49. The summed E-state index contributed by atoms with van der Waals surface area (Å²) in [5.41, 5.74) is 5.99. The van der Waals surface area contributed by atoms with E-state index in [4.69, 9.17) is 5.84 Å². The van der Waals surface area contributed by atoms with Gasteiger partial charge in [-0.05, 0) is 40.9 Å². The molecule has 0 aromatic carbocycles. The van der Waals surface area contributed by atoms with Crippen molar-refractivity contribution >= 4 is 15.9 Å². The third-order valence-electron chi connectivity index (χ3n) is 3.15. The molecule has 2 heterocycles. The van der Waals surface area contributed by atoms with E-state index in [-0.39, 0.29) is 6.04 Å². The second-order valence-corrected chi connectivity index (χ2v) is 5.05. The van der Waals surface area contributed by atoms with Crippen molar-refractivity contribution in [2.75, 3.05) is 0 Å². The molecule has 2 aromatic rings. The number of nitrogens with zero attached hydrogens (tertiary/aromatic N) is 3. The lowest BCUT2D eigenvalue weighted by Crippen LogP contribution is -2.32. The highest BCUT2D eigenvalue weighted by Crippen LogP contribution is 2.28.